The van der Waals surface area contributed by atoms with E-state index in [4.69, 9.17) is 15.2 Å². The number of rotatable bonds is 5. The largest absolute Gasteiger partial charge is 0.491 e. The molecule has 0 aliphatic carbocycles. The molecular weight excluding hydrogens is 252 g/mol. The standard InChI is InChI=1S/C16H26N2O2/c1-4-8-19-15-10-12(5-6-14(15)17)18-13-7-9-20-16(2,3)11-13/h5-6,10,13,18H,4,7-9,11,17H2,1-3H3. The Balaban J connectivity index is 2.02. The summed E-state index contributed by atoms with van der Waals surface area (Å²) < 4.78 is 11.4. The maximum Gasteiger partial charge on any atom is 0.144 e. The molecule has 1 heterocycles. The van der Waals surface area contributed by atoms with Crippen LogP contribution in [0.25, 0.3) is 0 Å². The molecule has 1 atom stereocenters. The molecule has 112 valence electrons. The van der Waals surface area contributed by atoms with Crippen molar-refractivity contribution in [1.82, 2.24) is 0 Å². The number of benzene rings is 1. The van der Waals surface area contributed by atoms with Crippen molar-refractivity contribution in [3.05, 3.63) is 18.2 Å². The van der Waals surface area contributed by atoms with Gasteiger partial charge in [0.15, 0.2) is 0 Å². The zero-order chi connectivity index (χ0) is 14.6. The van der Waals surface area contributed by atoms with Crippen LogP contribution in [0.2, 0.25) is 0 Å². The molecule has 1 aliphatic heterocycles. The van der Waals surface area contributed by atoms with E-state index in [2.05, 4.69) is 26.1 Å². The van der Waals surface area contributed by atoms with Crippen LogP contribution >= 0.6 is 0 Å². The highest BCUT2D eigenvalue weighted by atomic mass is 16.5. The van der Waals surface area contributed by atoms with Gasteiger partial charge in [0, 0.05) is 24.4 Å². The summed E-state index contributed by atoms with van der Waals surface area (Å²) in [5.74, 6) is 0.767. The van der Waals surface area contributed by atoms with Gasteiger partial charge in [-0.1, -0.05) is 6.92 Å². The highest BCUT2D eigenvalue weighted by Gasteiger charge is 2.28. The van der Waals surface area contributed by atoms with Crippen molar-refractivity contribution in [2.45, 2.75) is 51.7 Å². The Kier molecular flexibility index (Phi) is 4.76. The molecule has 0 saturated carbocycles. The van der Waals surface area contributed by atoms with Gasteiger partial charge >= 0.3 is 0 Å². The lowest BCUT2D eigenvalue weighted by atomic mass is 9.94. The molecule has 4 heteroatoms. The van der Waals surface area contributed by atoms with Gasteiger partial charge in [-0.25, -0.2) is 0 Å². The molecule has 4 nitrogen and oxygen atoms in total. The zero-order valence-corrected chi connectivity index (χ0v) is 12.7. The van der Waals surface area contributed by atoms with Crippen LogP contribution in [0.1, 0.15) is 40.0 Å². The molecule has 1 unspecified atom stereocenters. The molecule has 0 amide bonds. The fourth-order valence-corrected chi connectivity index (χ4v) is 2.55. The van der Waals surface area contributed by atoms with Crippen LogP contribution in [0.4, 0.5) is 11.4 Å². The Bertz CT molecular complexity index is 446. The van der Waals surface area contributed by atoms with Gasteiger partial charge in [0.2, 0.25) is 0 Å². The van der Waals surface area contributed by atoms with Crippen LogP contribution in [0.15, 0.2) is 18.2 Å². The van der Waals surface area contributed by atoms with Crippen LogP contribution in [0.5, 0.6) is 5.75 Å². The third-order valence-electron chi connectivity index (χ3n) is 3.54. The molecular formula is C16H26N2O2. The van der Waals surface area contributed by atoms with Crippen LogP contribution in [-0.2, 0) is 4.74 Å². The minimum Gasteiger partial charge on any atom is -0.491 e. The Hall–Kier alpha value is -1.42. The van der Waals surface area contributed by atoms with Crippen LogP contribution < -0.4 is 15.8 Å². The second-order valence-electron chi connectivity index (χ2n) is 6.04. The minimum absolute atomic E-state index is 0.0503. The lowest BCUT2D eigenvalue weighted by Gasteiger charge is -2.36. The summed E-state index contributed by atoms with van der Waals surface area (Å²) in [6, 6.07) is 6.34. The van der Waals surface area contributed by atoms with Gasteiger partial charge in [-0.05, 0) is 45.2 Å². The molecule has 0 bridgehead atoms. The van der Waals surface area contributed by atoms with E-state index in [1.165, 1.54) is 0 Å². The minimum atomic E-state index is -0.0503. The fraction of sp³-hybridized carbons (Fsp3) is 0.625. The number of anilines is 2. The van der Waals surface area contributed by atoms with Crippen molar-refractivity contribution >= 4 is 11.4 Å². The average molecular weight is 278 g/mol. The van der Waals surface area contributed by atoms with Crippen LogP contribution in [0, 0.1) is 0 Å². The Morgan fingerprint density at radius 2 is 2.25 bits per heavy atom. The monoisotopic (exact) mass is 278 g/mol. The Morgan fingerprint density at radius 3 is 2.95 bits per heavy atom. The van der Waals surface area contributed by atoms with Gasteiger partial charge in [0.25, 0.3) is 0 Å². The Labute approximate surface area is 121 Å². The smallest absolute Gasteiger partial charge is 0.144 e. The topological polar surface area (TPSA) is 56.5 Å². The molecule has 0 aromatic heterocycles. The normalized spacial score (nSPS) is 21.4. The van der Waals surface area contributed by atoms with E-state index in [0.717, 1.165) is 37.3 Å². The SMILES string of the molecule is CCCOc1cc(NC2CCOC(C)(C)C2)ccc1N. The van der Waals surface area contributed by atoms with Crippen molar-refractivity contribution in [2.75, 3.05) is 24.3 Å². The maximum absolute atomic E-state index is 5.93. The first-order valence-corrected chi connectivity index (χ1v) is 7.43. The molecule has 2 rings (SSSR count). The van der Waals surface area contributed by atoms with Crippen molar-refractivity contribution in [3.8, 4) is 5.75 Å². The fourth-order valence-electron chi connectivity index (χ4n) is 2.55. The lowest BCUT2D eigenvalue weighted by molar-refractivity contribution is -0.0553. The molecule has 20 heavy (non-hydrogen) atoms. The highest BCUT2D eigenvalue weighted by molar-refractivity contribution is 5.61. The molecule has 1 aromatic rings. The van der Waals surface area contributed by atoms with Crippen molar-refractivity contribution in [3.63, 3.8) is 0 Å². The lowest BCUT2D eigenvalue weighted by Crippen LogP contribution is -2.40. The van der Waals surface area contributed by atoms with Gasteiger partial charge in [0.1, 0.15) is 5.75 Å². The first-order chi connectivity index (χ1) is 9.50. The number of nitrogens with one attached hydrogen (secondary N) is 1. The summed E-state index contributed by atoms with van der Waals surface area (Å²) in [5, 5.41) is 3.56. The molecule has 0 spiro atoms. The van der Waals surface area contributed by atoms with Crippen LogP contribution in [0.3, 0.4) is 0 Å². The molecule has 1 saturated heterocycles. The number of nitrogens with two attached hydrogens (primary N) is 1. The predicted octanol–water partition coefficient (Wildman–Crippen LogP) is 3.43. The number of ether oxygens (including phenoxy) is 2. The molecule has 1 fully saturated rings. The summed E-state index contributed by atoms with van der Waals surface area (Å²) >= 11 is 0. The summed E-state index contributed by atoms with van der Waals surface area (Å²) in [6.07, 6.45) is 3.01. The second kappa shape index (κ2) is 6.35. The van der Waals surface area contributed by atoms with Gasteiger partial charge in [-0.3, -0.25) is 0 Å². The van der Waals surface area contributed by atoms with Crippen molar-refractivity contribution < 1.29 is 9.47 Å². The first kappa shape index (κ1) is 15.0. The quantitative estimate of drug-likeness (QED) is 0.810. The van der Waals surface area contributed by atoms with Gasteiger partial charge in [-0.15, -0.1) is 0 Å². The summed E-state index contributed by atoms with van der Waals surface area (Å²) in [7, 11) is 0. The van der Waals surface area contributed by atoms with E-state index >= 15 is 0 Å². The maximum atomic E-state index is 5.93. The Morgan fingerprint density at radius 1 is 1.45 bits per heavy atom. The number of hydrogen-bond acceptors (Lipinski definition) is 4. The predicted molar refractivity (Wildman–Crippen MR) is 83.3 cm³/mol. The van der Waals surface area contributed by atoms with E-state index in [-0.39, 0.29) is 5.60 Å². The average Bonchev–Trinajstić information content (AvgIpc) is 2.38. The van der Waals surface area contributed by atoms with E-state index in [1.54, 1.807) is 0 Å². The van der Waals surface area contributed by atoms with E-state index < -0.39 is 0 Å². The number of nitrogen functional groups attached to an aromatic ring is 1. The van der Waals surface area contributed by atoms with Gasteiger partial charge < -0.3 is 20.5 Å². The van der Waals surface area contributed by atoms with Crippen LogP contribution in [-0.4, -0.2) is 24.9 Å². The summed E-state index contributed by atoms with van der Waals surface area (Å²) in [5.41, 5.74) is 7.64. The molecule has 1 aliphatic rings. The summed E-state index contributed by atoms with van der Waals surface area (Å²) in [6.45, 7) is 7.86. The molecule has 3 N–H and O–H groups in total. The number of hydrogen-bond donors (Lipinski definition) is 2. The molecule has 0 radical (unpaired) electrons. The second-order valence-corrected chi connectivity index (χ2v) is 6.04. The summed E-state index contributed by atoms with van der Waals surface area (Å²) in [4.78, 5) is 0. The third kappa shape index (κ3) is 4.04. The third-order valence-corrected chi connectivity index (χ3v) is 3.54. The highest BCUT2D eigenvalue weighted by Crippen LogP contribution is 2.29. The van der Waals surface area contributed by atoms with Crippen molar-refractivity contribution in [1.29, 1.82) is 0 Å². The first-order valence-electron chi connectivity index (χ1n) is 7.43. The van der Waals surface area contributed by atoms with E-state index in [9.17, 15) is 0 Å². The van der Waals surface area contributed by atoms with Gasteiger partial charge in [0.05, 0.1) is 17.9 Å². The van der Waals surface area contributed by atoms with Gasteiger partial charge in [-0.2, -0.15) is 0 Å². The van der Waals surface area contributed by atoms with Crippen molar-refractivity contribution in [2.24, 2.45) is 0 Å². The zero-order valence-electron chi connectivity index (χ0n) is 12.7. The van der Waals surface area contributed by atoms with E-state index in [1.807, 2.05) is 18.2 Å². The van der Waals surface area contributed by atoms with E-state index in [0.29, 0.717) is 18.3 Å². The molecule has 1 aromatic carbocycles.